The Kier molecular flexibility index (Phi) is 6.07. The van der Waals surface area contributed by atoms with E-state index in [1.165, 1.54) is 0 Å². The highest BCUT2D eigenvalue weighted by Crippen LogP contribution is 2.15. The minimum absolute atomic E-state index is 0.00891. The summed E-state index contributed by atoms with van der Waals surface area (Å²) >= 11 is 0. The predicted molar refractivity (Wildman–Crippen MR) is 91.8 cm³/mol. The van der Waals surface area contributed by atoms with E-state index < -0.39 is 0 Å². The normalized spacial score (nSPS) is 25.5. The van der Waals surface area contributed by atoms with E-state index in [2.05, 4.69) is 17.3 Å². The summed E-state index contributed by atoms with van der Waals surface area (Å²) in [4.78, 5) is 16.6. The maximum Gasteiger partial charge on any atom is 0.317 e. The first-order valence-electron chi connectivity index (χ1n) is 8.69. The number of carbonyl (C=O) groups is 1. The maximum atomic E-state index is 12.5. The summed E-state index contributed by atoms with van der Waals surface area (Å²) in [6, 6.07) is 10.1. The van der Waals surface area contributed by atoms with Gasteiger partial charge in [0.25, 0.3) is 0 Å². The van der Waals surface area contributed by atoms with Crippen LogP contribution in [-0.2, 0) is 16.1 Å². The van der Waals surface area contributed by atoms with Gasteiger partial charge in [-0.25, -0.2) is 4.79 Å². The number of likely N-dealkylation sites (N-methyl/N-ethyl adjacent to an activating group) is 1. The Balaban J connectivity index is 1.51. The van der Waals surface area contributed by atoms with Crippen LogP contribution in [-0.4, -0.2) is 74.4 Å². The first kappa shape index (κ1) is 17.2. The molecule has 2 aliphatic heterocycles. The van der Waals surface area contributed by atoms with Gasteiger partial charge < -0.3 is 24.6 Å². The number of urea groups is 1. The van der Waals surface area contributed by atoms with Crippen LogP contribution in [0.25, 0.3) is 0 Å². The summed E-state index contributed by atoms with van der Waals surface area (Å²) in [5.41, 5.74) is 1.13. The predicted octanol–water partition coefficient (Wildman–Crippen LogP) is 1.32. The molecule has 2 fully saturated rings. The molecule has 2 heterocycles. The van der Waals surface area contributed by atoms with Gasteiger partial charge >= 0.3 is 6.03 Å². The zero-order valence-electron chi connectivity index (χ0n) is 14.3. The van der Waals surface area contributed by atoms with E-state index >= 15 is 0 Å². The zero-order chi connectivity index (χ0) is 16.8. The van der Waals surface area contributed by atoms with Crippen molar-refractivity contribution < 1.29 is 14.3 Å². The number of benzene rings is 1. The minimum atomic E-state index is -0.102. The van der Waals surface area contributed by atoms with E-state index in [0.717, 1.165) is 38.2 Å². The van der Waals surface area contributed by atoms with Crippen molar-refractivity contribution in [1.82, 2.24) is 15.1 Å². The number of rotatable bonds is 4. The summed E-state index contributed by atoms with van der Waals surface area (Å²) in [5, 5.41) is 3.15. The number of amides is 2. The quantitative estimate of drug-likeness (QED) is 0.903. The number of hydrogen-bond donors (Lipinski definition) is 1. The fourth-order valence-corrected chi connectivity index (χ4v) is 3.08. The van der Waals surface area contributed by atoms with Gasteiger partial charge in [0.05, 0.1) is 19.3 Å². The lowest BCUT2D eigenvalue weighted by Crippen LogP contribution is -2.56. The Hall–Kier alpha value is -1.63. The van der Waals surface area contributed by atoms with Crippen molar-refractivity contribution >= 4 is 6.03 Å². The average molecular weight is 333 g/mol. The van der Waals surface area contributed by atoms with E-state index in [4.69, 9.17) is 9.47 Å². The smallest absolute Gasteiger partial charge is 0.317 e. The minimum Gasteiger partial charge on any atom is -0.379 e. The molecule has 2 saturated heterocycles. The van der Waals surface area contributed by atoms with Gasteiger partial charge in [-0.1, -0.05) is 30.3 Å². The van der Waals surface area contributed by atoms with Crippen LogP contribution >= 0.6 is 0 Å². The highest BCUT2D eigenvalue weighted by molar-refractivity contribution is 5.74. The van der Waals surface area contributed by atoms with Crippen molar-refractivity contribution in [1.29, 1.82) is 0 Å². The third-order valence-electron chi connectivity index (χ3n) is 4.71. The Morgan fingerprint density at radius 2 is 2.00 bits per heavy atom. The number of piperazine rings is 1. The summed E-state index contributed by atoms with van der Waals surface area (Å²) < 4.78 is 11.6. The first-order valence-corrected chi connectivity index (χ1v) is 8.69. The van der Waals surface area contributed by atoms with E-state index in [0.29, 0.717) is 19.8 Å². The molecule has 0 saturated carbocycles. The molecule has 1 aromatic carbocycles. The lowest BCUT2D eigenvalue weighted by molar-refractivity contribution is -0.0737. The molecular weight excluding hydrogens is 306 g/mol. The highest BCUT2D eigenvalue weighted by Gasteiger charge is 2.30. The van der Waals surface area contributed by atoms with Crippen LogP contribution in [0, 0.1) is 0 Å². The van der Waals surface area contributed by atoms with Gasteiger partial charge in [-0.15, -0.1) is 0 Å². The monoisotopic (exact) mass is 333 g/mol. The first-order chi connectivity index (χ1) is 11.7. The fraction of sp³-hybridized carbons (Fsp3) is 0.611. The zero-order valence-corrected chi connectivity index (χ0v) is 14.3. The second-order valence-electron chi connectivity index (χ2n) is 6.54. The second kappa shape index (κ2) is 8.46. The molecule has 3 rings (SSSR count). The van der Waals surface area contributed by atoms with E-state index in [1.807, 2.05) is 35.2 Å². The third kappa shape index (κ3) is 4.69. The molecule has 0 bridgehead atoms. The standard InChI is InChI=1S/C18H27N3O3/c1-20-8-10-21(11-9-20)18(22)19-16-7-12-23-14-17(16)24-13-15-5-3-2-4-6-15/h2-6,16-17H,7-14H2,1H3,(H,19,22)/t16-,17-/m1/s1. The van der Waals surface area contributed by atoms with Gasteiger partial charge in [0.1, 0.15) is 6.10 Å². The van der Waals surface area contributed by atoms with Crippen molar-refractivity contribution in [2.24, 2.45) is 0 Å². The number of hydrogen-bond acceptors (Lipinski definition) is 4. The van der Waals surface area contributed by atoms with Gasteiger partial charge in [0.15, 0.2) is 0 Å². The SMILES string of the molecule is CN1CCN(C(=O)N[C@@H]2CCOC[C@H]2OCc2ccccc2)CC1. The van der Waals surface area contributed by atoms with Crippen molar-refractivity contribution in [3.63, 3.8) is 0 Å². The molecule has 2 atom stereocenters. The molecule has 1 aromatic rings. The van der Waals surface area contributed by atoms with Crippen LogP contribution in [0.15, 0.2) is 30.3 Å². The molecule has 0 spiro atoms. The Bertz CT molecular complexity index is 518. The van der Waals surface area contributed by atoms with Gasteiger partial charge in [-0.3, -0.25) is 0 Å². The fourth-order valence-electron chi connectivity index (χ4n) is 3.08. The molecule has 0 aromatic heterocycles. The van der Waals surface area contributed by atoms with Crippen LogP contribution in [0.4, 0.5) is 4.79 Å². The van der Waals surface area contributed by atoms with E-state index in [1.54, 1.807) is 0 Å². The molecule has 6 nitrogen and oxygen atoms in total. The topological polar surface area (TPSA) is 54.0 Å². The number of nitrogens with one attached hydrogen (secondary N) is 1. The molecule has 132 valence electrons. The molecular formula is C18H27N3O3. The molecule has 6 heteroatoms. The van der Waals surface area contributed by atoms with E-state index in [9.17, 15) is 4.79 Å². The lowest BCUT2D eigenvalue weighted by atomic mass is 10.1. The number of nitrogens with zero attached hydrogens (tertiary/aromatic N) is 2. The third-order valence-corrected chi connectivity index (χ3v) is 4.71. The van der Waals surface area contributed by atoms with Crippen molar-refractivity contribution in [3.05, 3.63) is 35.9 Å². The summed E-state index contributed by atoms with van der Waals surface area (Å²) in [7, 11) is 2.08. The number of ether oxygens (including phenoxy) is 2. The second-order valence-corrected chi connectivity index (χ2v) is 6.54. The van der Waals surface area contributed by atoms with Gasteiger partial charge in [-0.2, -0.15) is 0 Å². The van der Waals surface area contributed by atoms with E-state index in [-0.39, 0.29) is 18.2 Å². The lowest BCUT2D eigenvalue weighted by Gasteiger charge is -2.36. The molecule has 24 heavy (non-hydrogen) atoms. The molecule has 0 radical (unpaired) electrons. The number of carbonyl (C=O) groups excluding carboxylic acids is 1. The van der Waals surface area contributed by atoms with Crippen molar-refractivity contribution in [3.8, 4) is 0 Å². The van der Waals surface area contributed by atoms with Crippen LogP contribution < -0.4 is 5.32 Å². The van der Waals surface area contributed by atoms with Crippen molar-refractivity contribution in [2.75, 3.05) is 46.4 Å². The van der Waals surface area contributed by atoms with Crippen LogP contribution in [0.1, 0.15) is 12.0 Å². The molecule has 2 aliphatic rings. The average Bonchev–Trinajstić information content (AvgIpc) is 2.62. The molecule has 1 N–H and O–H groups in total. The summed E-state index contributed by atoms with van der Waals surface area (Å²) in [6.07, 6.45) is 0.689. The summed E-state index contributed by atoms with van der Waals surface area (Å²) in [6.45, 7) is 5.14. The van der Waals surface area contributed by atoms with Gasteiger partial charge in [0.2, 0.25) is 0 Å². The van der Waals surface area contributed by atoms with Crippen LogP contribution in [0.3, 0.4) is 0 Å². The molecule has 0 aliphatic carbocycles. The highest BCUT2D eigenvalue weighted by atomic mass is 16.5. The van der Waals surface area contributed by atoms with Crippen molar-refractivity contribution in [2.45, 2.75) is 25.2 Å². The van der Waals surface area contributed by atoms with Gasteiger partial charge in [-0.05, 0) is 19.0 Å². The van der Waals surface area contributed by atoms with Crippen LogP contribution in [0.2, 0.25) is 0 Å². The Morgan fingerprint density at radius 1 is 1.25 bits per heavy atom. The summed E-state index contributed by atoms with van der Waals surface area (Å²) in [5.74, 6) is 0. The van der Waals surface area contributed by atoms with Crippen LogP contribution in [0.5, 0.6) is 0 Å². The Morgan fingerprint density at radius 3 is 2.75 bits per heavy atom. The Labute approximate surface area is 143 Å². The maximum absolute atomic E-state index is 12.5. The largest absolute Gasteiger partial charge is 0.379 e. The molecule has 2 amide bonds. The molecule has 0 unspecified atom stereocenters. The van der Waals surface area contributed by atoms with Gasteiger partial charge in [0, 0.05) is 32.8 Å².